The maximum absolute atomic E-state index is 11.8. The summed E-state index contributed by atoms with van der Waals surface area (Å²) < 4.78 is 5.09. The second-order valence-electron chi connectivity index (χ2n) is 6.30. The molecule has 0 heterocycles. The third-order valence-electron chi connectivity index (χ3n) is 4.49. The van der Waals surface area contributed by atoms with Crippen molar-refractivity contribution in [2.24, 2.45) is 10.9 Å². The minimum Gasteiger partial charge on any atom is -0.466 e. The number of aliphatic imine (C=N–C) groups is 1. The molecule has 2 N–H and O–H groups in total. The van der Waals surface area contributed by atoms with Gasteiger partial charge >= 0.3 is 5.97 Å². The van der Waals surface area contributed by atoms with Crippen molar-refractivity contribution in [3.8, 4) is 0 Å². The van der Waals surface area contributed by atoms with E-state index in [1.807, 2.05) is 13.0 Å². The van der Waals surface area contributed by atoms with Gasteiger partial charge in [0.15, 0.2) is 5.96 Å². The number of carbonyl (C=O) groups is 1. The summed E-state index contributed by atoms with van der Waals surface area (Å²) in [5, 5.41) is 17.4. The number of rotatable bonds is 6. The van der Waals surface area contributed by atoms with E-state index in [1.54, 1.807) is 19.2 Å². The van der Waals surface area contributed by atoms with Gasteiger partial charge in [-0.25, -0.2) is 0 Å². The van der Waals surface area contributed by atoms with Gasteiger partial charge in [-0.05, 0) is 38.2 Å². The molecule has 0 saturated heterocycles. The highest BCUT2D eigenvalue weighted by Crippen LogP contribution is 2.25. The fourth-order valence-corrected chi connectivity index (χ4v) is 3.09. The molecule has 2 rings (SSSR count). The van der Waals surface area contributed by atoms with Gasteiger partial charge in [-0.3, -0.25) is 19.9 Å². The molecule has 1 aliphatic rings. The number of hydrogen-bond donors (Lipinski definition) is 2. The number of non-ortho nitro benzene ring substituents is 1. The first kappa shape index (κ1) is 23.1. The summed E-state index contributed by atoms with van der Waals surface area (Å²) in [5.41, 5.74) is 0.887. The van der Waals surface area contributed by atoms with Crippen LogP contribution in [0.2, 0.25) is 0 Å². The molecule has 0 unspecified atom stereocenters. The molecule has 1 aliphatic carbocycles. The Bertz CT molecular complexity index is 661. The largest absolute Gasteiger partial charge is 0.466 e. The lowest BCUT2D eigenvalue weighted by molar-refractivity contribution is -0.384. The van der Waals surface area contributed by atoms with E-state index in [0.717, 1.165) is 31.2 Å². The van der Waals surface area contributed by atoms with E-state index in [-0.39, 0.29) is 47.6 Å². The molecule has 9 heteroatoms. The van der Waals surface area contributed by atoms with Gasteiger partial charge in [0.2, 0.25) is 0 Å². The number of halogens is 1. The Morgan fingerprint density at radius 2 is 2.04 bits per heavy atom. The topological polar surface area (TPSA) is 106 Å². The lowest BCUT2D eigenvalue weighted by atomic mass is 9.86. The molecule has 1 saturated carbocycles. The first-order valence-corrected chi connectivity index (χ1v) is 8.90. The average molecular weight is 490 g/mol. The fourth-order valence-electron chi connectivity index (χ4n) is 3.09. The number of hydrogen-bond acceptors (Lipinski definition) is 5. The van der Waals surface area contributed by atoms with Crippen LogP contribution >= 0.6 is 24.0 Å². The molecule has 1 aromatic rings. The van der Waals surface area contributed by atoms with Crippen LogP contribution in [0.4, 0.5) is 5.69 Å². The summed E-state index contributed by atoms with van der Waals surface area (Å²) in [6, 6.07) is 6.76. The summed E-state index contributed by atoms with van der Waals surface area (Å²) in [5.74, 6) is 0.545. The number of benzene rings is 1. The van der Waals surface area contributed by atoms with E-state index in [9.17, 15) is 14.9 Å². The molecule has 0 bridgehead atoms. The molecule has 1 aromatic carbocycles. The number of guanidine groups is 1. The van der Waals surface area contributed by atoms with Gasteiger partial charge in [-0.15, -0.1) is 24.0 Å². The third kappa shape index (κ3) is 7.31. The molecule has 1 fully saturated rings. The van der Waals surface area contributed by atoms with E-state index in [0.29, 0.717) is 19.1 Å². The molecule has 0 spiro atoms. The molecule has 0 radical (unpaired) electrons. The maximum Gasteiger partial charge on any atom is 0.308 e. The number of ether oxygens (including phenoxy) is 1. The van der Waals surface area contributed by atoms with Crippen LogP contribution in [0.25, 0.3) is 0 Å². The molecular formula is C18H27IN4O4. The van der Waals surface area contributed by atoms with Crippen molar-refractivity contribution < 1.29 is 14.5 Å². The molecule has 0 amide bonds. The highest BCUT2D eigenvalue weighted by molar-refractivity contribution is 14.0. The predicted octanol–water partition coefficient (Wildman–Crippen LogP) is 3.00. The monoisotopic (exact) mass is 490 g/mol. The minimum atomic E-state index is -0.404. The summed E-state index contributed by atoms with van der Waals surface area (Å²) in [7, 11) is 1.69. The average Bonchev–Trinajstić information content (AvgIpc) is 2.66. The predicted molar refractivity (Wildman–Crippen MR) is 114 cm³/mol. The van der Waals surface area contributed by atoms with Crippen LogP contribution in [0.1, 0.15) is 38.2 Å². The van der Waals surface area contributed by atoms with Crippen LogP contribution in [-0.4, -0.2) is 36.5 Å². The lowest BCUT2D eigenvalue weighted by Crippen LogP contribution is -2.45. The SMILES string of the molecule is CCOC(=O)C1CCC(NC(=NC)NCc2cccc([N+](=O)[O-])c2)CC1.I. The molecule has 27 heavy (non-hydrogen) atoms. The zero-order chi connectivity index (χ0) is 18.9. The Morgan fingerprint density at radius 3 is 2.63 bits per heavy atom. The standard InChI is InChI=1S/C18H26N4O4.HI/c1-3-26-17(23)14-7-9-15(10-8-14)21-18(19-2)20-12-13-5-4-6-16(11-13)22(24)25;/h4-6,11,14-15H,3,7-10,12H2,1-2H3,(H2,19,20,21);1H. The third-order valence-corrected chi connectivity index (χ3v) is 4.49. The van der Waals surface area contributed by atoms with Gasteiger partial charge in [0.25, 0.3) is 5.69 Å². The van der Waals surface area contributed by atoms with Crippen LogP contribution in [0.3, 0.4) is 0 Å². The van der Waals surface area contributed by atoms with Gasteiger partial charge in [0.05, 0.1) is 17.4 Å². The first-order chi connectivity index (χ1) is 12.5. The number of nitrogens with one attached hydrogen (secondary N) is 2. The van der Waals surface area contributed by atoms with Gasteiger partial charge in [-0.1, -0.05) is 12.1 Å². The minimum absolute atomic E-state index is 0. The van der Waals surface area contributed by atoms with E-state index in [1.165, 1.54) is 6.07 Å². The van der Waals surface area contributed by atoms with E-state index < -0.39 is 4.92 Å². The van der Waals surface area contributed by atoms with E-state index in [2.05, 4.69) is 15.6 Å². The lowest BCUT2D eigenvalue weighted by Gasteiger charge is -2.29. The number of nitrogens with zero attached hydrogens (tertiary/aromatic N) is 2. The summed E-state index contributed by atoms with van der Waals surface area (Å²) in [4.78, 5) is 26.4. The Kier molecular flexibility index (Phi) is 10.0. The normalized spacial score (nSPS) is 19.6. The number of nitro benzene ring substituents is 1. The fraction of sp³-hybridized carbons (Fsp3) is 0.556. The second kappa shape index (κ2) is 11.7. The highest BCUT2D eigenvalue weighted by Gasteiger charge is 2.27. The summed E-state index contributed by atoms with van der Waals surface area (Å²) in [6.07, 6.45) is 3.36. The molecule has 0 aromatic heterocycles. The van der Waals surface area contributed by atoms with Crippen LogP contribution in [-0.2, 0) is 16.1 Å². The summed E-state index contributed by atoms with van der Waals surface area (Å²) >= 11 is 0. The van der Waals surface area contributed by atoms with Gasteiger partial charge in [0, 0.05) is 31.8 Å². The maximum atomic E-state index is 11.8. The van der Waals surface area contributed by atoms with Crippen molar-refractivity contribution >= 4 is 41.6 Å². The Hall–Kier alpha value is -1.91. The molecule has 0 aliphatic heterocycles. The second-order valence-corrected chi connectivity index (χ2v) is 6.30. The summed E-state index contributed by atoms with van der Waals surface area (Å²) in [6.45, 7) is 2.69. The van der Waals surface area contributed by atoms with Crippen molar-refractivity contribution in [3.05, 3.63) is 39.9 Å². The van der Waals surface area contributed by atoms with Crippen molar-refractivity contribution in [2.45, 2.75) is 45.2 Å². The Morgan fingerprint density at radius 1 is 1.33 bits per heavy atom. The van der Waals surface area contributed by atoms with Gasteiger partial charge < -0.3 is 15.4 Å². The molecule has 8 nitrogen and oxygen atoms in total. The van der Waals surface area contributed by atoms with E-state index >= 15 is 0 Å². The van der Waals surface area contributed by atoms with Crippen LogP contribution in [0.15, 0.2) is 29.3 Å². The Balaban J connectivity index is 0.00000364. The zero-order valence-corrected chi connectivity index (χ0v) is 18.0. The molecule has 150 valence electrons. The van der Waals surface area contributed by atoms with Crippen molar-refractivity contribution in [3.63, 3.8) is 0 Å². The number of carbonyl (C=O) groups excluding carboxylic acids is 1. The van der Waals surface area contributed by atoms with Gasteiger partial charge in [-0.2, -0.15) is 0 Å². The van der Waals surface area contributed by atoms with Crippen LogP contribution < -0.4 is 10.6 Å². The van der Waals surface area contributed by atoms with Crippen LogP contribution in [0, 0.1) is 16.0 Å². The molecular weight excluding hydrogens is 463 g/mol. The number of nitro groups is 1. The Labute approximate surface area is 176 Å². The quantitative estimate of drug-likeness (QED) is 0.159. The molecule has 0 atom stereocenters. The van der Waals surface area contributed by atoms with E-state index in [4.69, 9.17) is 4.74 Å². The van der Waals surface area contributed by atoms with Crippen molar-refractivity contribution in [1.82, 2.24) is 10.6 Å². The van der Waals surface area contributed by atoms with Crippen molar-refractivity contribution in [1.29, 1.82) is 0 Å². The highest BCUT2D eigenvalue weighted by atomic mass is 127. The smallest absolute Gasteiger partial charge is 0.308 e. The first-order valence-electron chi connectivity index (χ1n) is 8.90. The van der Waals surface area contributed by atoms with Gasteiger partial charge in [0.1, 0.15) is 0 Å². The van der Waals surface area contributed by atoms with Crippen molar-refractivity contribution in [2.75, 3.05) is 13.7 Å². The number of esters is 1. The van der Waals surface area contributed by atoms with Crippen LogP contribution in [0.5, 0.6) is 0 Å². The zero-order valence-electron chi connectivity index (χ0n) is 15.6.